The van der Waals surface area contributed by atoms with E-state index >= 15 is 0 Å². The molecule has 0 unspecified atom stereocenters. The third-order valence-corrected chi connectivity index (χ3v) is 8.74. The Bertz CT molecular complexity index is 1820. The molecule has 0 amide bonds. The van der Waals surface area contributed by atoms with Crippen LogP contribution in [0.5, 0.6) is 5.75 Å². The SMILES string of the molecule is CNCC#Cc1ccc(OCCCc2sc(N(CCN(C)C)C(=N)/C=C(/C)C(N)=Nc3nc4ccccc4s3)nc2C(=O)O)c(F)c1. The Balaban J connectivity index is 1.47. The second kappa shape index (κ2) is 16.8. The van der Waals surface area contributed by atoms with Crippen LogP contribution in [0.1, 0.15) is 34.3 Å². The summed E-state index contributed by atoms with van der Waals surface area (Å²) in [7, 11) is 5.61. The predicted octanol–water partition coefficient (Wildman–Crippen LogP) is 5.15. The lowest BCUT2D eigenvalue weighted by molar-refractivity contribution is 0.0690. The lowest BCUT2D eigenvalue weighted by Gasteiger charge is -2.23. The van der Waals surface area contributed by atoms with Crippen molar-refractivity contribution in [2.45, 2.75) is 19.8 Å². The lowest BCUT2D eigenvalue weighted by Crippen LogP contribution is -2.36. The fourth-order valence-corrected chi connectivity index (χ4v) is 6.19. The molecule has 5 N–H and O–H groups in total. The van der Waals surface area contributed by atoms with E-state index in [1.54, 1.807) is 31.0 Å². The number of hydrogen-bond donors (Lipinski definition) is 4. The number of fused-ring (bicyclic) bond motifs is 1. The van der Waals surface area contributed by atoms with Gasteiger partial charge in [-0.2, -0.15) is 0 Å². The van der Waals surface area contributed by atoms with Crippen molar-refractivity contribution >= 4 is 60.8 Å². The second-order valence-electron chi connectivity index (χ2n) is 10.6. The number of ether oxygens (including phenoxy) is 1. The van der Waals surface area contributed by atoms with E-state index in [0.717, 1.165) is 10.2 Å². The number of likely N-dealkylation sites (N-methyl/N-ethyl adjacent to an activating group) is 1. The molecular formula is C33H37FN8O3S2. The van der Waals surface area contributed by atoms with Crippen LogP contribution in [-0.4, -0.2) is 85.0 Å². The van der Waals surface area contributed by atoms with Gasteiger partial charge in [-0.15, -0.1) is 11.3 Å². The number of halogens is 1. The Morgan fingerprint density at radius 3 is 2.70 bits per heavy atom. The largest absolute Gasteiger partial charge is 0.491 e. The molecule has 11 nitrogen and oxygen atoms in total. The molecule has 2 heterocycles. The topological polar surface area (TPSA) is 153 Å². The van der Waals surface area contributed by atoms with Gasteiger partial charge < -0.3 is 30.7 Å². The number of carboxylic acid groups (broad SMARTS) is 1. The van der Waals surface area contributed by atoms with Crippen molar-refractivity contribution in [1.29, 1.82) is 5.41 Å². The van der Waals surface area contributed by atoms with Crippen molar-refractivity contribution in [2.24, 2.45) is 10.7 Å². The molecule has 0 fully saturated rings. The van der Waals surface area contributed by atoms with E-state index < -0.39 is 11.8 Å². The summed E-state index contributed by atoms with van der Waals surface area (Å²) in [6, 6.07) is 12.3. The van der Waals surface area contributed by atoms with Gasteiger partial charge in [0, 0.05) is 23.5 Å². The number of anilines is 1. The minimum Gasteiger partial charge on any atom is -0.491 e. The maximum Gasteiger partial charge on any atom is 0.355 e. The number of hydrogen-bond acceptors (Lipinski definition) is 10. The molecular weight excluding hydrogens is 640 g/mol. The summed E-state index contributed by atoms with van der Waals surface area (Å²) in [6.45, 7) is 3.39. The van der Waals surface area contributed by atoms with Crippen molar-refractivity contribution in [3.05, 3.63) is 76.1 Å². The van der Waals surface area contributed by atoms with Gasteiger partial charge in [-0.1, -0.05) is 35.3 Å². The van der Waals surface area contributed by atoms with E-state index in [1.165, 1.54) is 34.8 Å². The van der Waals surface area contributed by atoms with E-state index in [9.17, 15) is 14.3 Å². The number of para-hydroxylation sites is 1. The van der Waals surface area contributed by atoms with Gasteiger partial charge in [-0.05, 0) is 82.9 Å². The summed E-state index contributed by atoms with van der Waals surface area (Å²) >= 11 is 2.62. The van der Waals surface area contributed by atoms with E-state index in [2.05, 4.69) is 32.1 Å². The average Bonchev–Trinajstić information content (AvgIpc) is 3.64. The molecule has 0 saturated carbocycles. The first-order valence-electron chi connectivity index (χ1n) is 14.7. The Labute approximate surface area is 281 Å². The number of nitrogens with two attached hydrogens (primary N) is 1. The maximum atomic E-state index is 14.5. The van der Waals surface area contributed by atoms with Gasteiger partial charge >= 0.3 is 5.97 Å². The minimum atomic E-state index is -1.16. The van der Waals surface area contributed by atoms with Gasteiger partial charge in [0.05, 0.1) is 23.4 Å². The number of aliphatic imine (C=N–C) groups is 1. The average molecular weight is 677 g/mol. The summed E-state index contributed by atoms with van der Waals surface area (Å²) in [5, 5.41) is 22.6. The van der Waals surface area contributed by atoms with E-state index in [1.807, 2.05) is 43.3 Å². The molecule has 14 heteroatoms. The third kappa shape index (κ3) is 9.90. The molecule has 0 aliphatic heterocycles. The molecule has 2 aromatic heterocycles. The van der Waals surface area contributed by atoms with Crippen LogP contribution in [0.3, 0.4) is 0 Å². The first-order chi connectivity index (χ1) is 22.5. The Hall–Kier alpha value is -4.68. The number of carbonyl (C=O) groups is 1. The number of thiazole rings is 2. The van der Waals surface area contributed by atoms with E-state index in [4.69, 9.17) is 15.9 Å². The number of aryl methyl sites for hydroxylation is 1. The highest BCUT2D eigenvalue weighted by atomic mass is 32.1. The number of amidine groups is 2. The van der Waals surface area contributed by atoms with Crippen LogP contribution in [0.15, 0.2) is 59.1 Å². The lowest BCUT2D eigenvalue weighted by atomic mass is 10.2. The molecule has 0 saturated heterocycles. The number of aromatic carboxylic acids is 1. The first kappa shape index (κ1) is 35.2. The van der Waals surface area contributed by atoms with Crippen molar-refractivity contribution < 1.29 is 19.0 Å². The molecule has 0 bridgehead atoms. The van der Waals surface area contributed by atoms with Gasteiger partial charge in [0.2, 0.25) is 5.13 Å². The van der Waals surface area contributed by atoms with Gasteiger partial charge in [-0.25, -0.2) is 24.1 Å². The van der Waals surface area contributed by atoms with Crippen LogP contribution in [0.25, 0.3) is 10.2 Å². The monoisotopic (exact) mass is 676 g/mol. The van der Waals surface area contributed by atoms with Crippen LogP contribution in [0, 0.1) is 23.1 Å². The van der Waals surface area contributed by atoms with Gasteiger partial charge in [0.1, 0.15) is 11.7 Å². The fourth-order valence-electron chi connectivity index (χ4n) is 4.21. The van der Waals surface area contributed by atoms with Crippen molar-refractivity contribution in [3.8, 4) is 17.6 Å². The Morgan fingerprint density at radius 1 is 1.21 bits per heavy atom. The zero-order chi connectivity index (χ0) is 33.9. The molecule has 47 heavy (non-hydrogen) atoms. The standard InChI is InChI=1S/C33H37FN8O3S2/c1-21(30(36)40-32-38-24-10-5-6-11-26(24)46-32)19-28(35)42(17-16-41(3)4)33-39-29(31(43)44)27(47-33)12-8-18-45-25-14-13-22(20-23(25)34)9-7-15-37-2/h5-6,10-11,13-14,19-20,35,37H,8,12,15-18H2,1-4H3,(H,43,44)(H2,36,38,40)/b21-19-,35-28?. The molecule has 0 atom stereocenters. The van der Waals surface area contributed by atoms with Crippen molar-refractivity contribution in [1.82, 2.24) is 20.2 Å². The molecule has 4 rings (SSSR count). The zero-order valence-corrected chi connectivity index (χ0v) is 28.3. The number of nitrogens with zero attached hydrogens (tertiary/aromatic N) is 5. The predicted molar refractivity (Wildman–Crippen MR) is 188 cm³/mol. The Kier molecular flexibility index (Phi) is 12.5. The molecule has 4 aromatic rings. The summed E-state index contributed by atoms with van der Waals surface area (Å²) in [6.07, 6.45) is 2.36. The summed E-state index contributed by atoms with van der Waals surface area (Å²) in [5.74, 6) is 4.49. The highest BCUT2D eigenvalue weighted by Crippen LogP contribution is 2.30. The second-order valence-corrected chi connectivity index (χ2v) is 12.7. The smallest absolute Gasteiger partial charge is 0.355 e. The fraction of sp³-hybridized carbons (Fsp3) is 0.303. The van der Waals surface area contributed by atoms with Crippen LogP contribution in [0.2, 0.25) is 0 Å². The van der Waals surface area contributed by atoms with E-state index in [0.29, 0.717) is 58.8 Å². The van der Waals surface area contributed by atoms with Crippen molar-refractivity contribution in [2.75, 3.05) is 52.3 Å². The molecule has 0 spiro atoms. The highest BCUT2D eigenvalue weighted by Gasteiger charge is 2.23. The third-order valence-electron chi connectivity index (χ3n) is 6.67. The first-order valence-corrected chi connectivity index (χ1v) is 16.4. The number of nitrogens with one attached hydrogen (secondary N) is 2. The normalized spacial score (nSPS) is 11.9. The molecule has 2 aromatic carbocycles. The molecule has 0 aliphatic carbocycles. The maximum absolute atomic E-state index is 14.5. The Morgan fingerprint density at radius 2 is 2.00 bits per heavy atom. The summed E-state index contributed by atoms with van der Waals surface area (Å²) < 4.78 is 21.2. The molecule has 0 radical (unpaired) electrons. The number of aromatic nitrogens is 2. The van der Waals surface area contributed by atoms with Crippen LogP contribution in [0.4, 0.5) is 14.7 Å². The minimum absolute atomic E-state index is 0.0825. The van der Waals surface area contributed by atoms with Crippen LogP contribution < -0.4 is 20.7 Å². The molecule has 0 aliphatic rings. The number of rotatable bonds is 14. The van der Waals surface area contributed by atoms with Crippen molar-refractivity contribution in [3.63, 3.8) is 0 Å². The number of carboxylic acids is 1. The van der Waals surface area contributed by atoms with Crippen LogP contribution in [-0.2, 0) is 6.42 Å². The van der Waals surface area contributed by atoms with Crippen LogP contribution >= 0.6 is 22.7 Å². The number of benzene rings is 2. The summed E-state index contributed by atoms with van der Waals surface area (Å²) in [5.41, 5.74) is 8.15. The van der Waals surface area contributed by atoms with E-state index in [-0.39, 0.29) is 29.7 Å². The summed E-state index contributed by atoms with van der Waals surface area (Å²) in [4.78, 5) is 29.7. The molecule has 246 valence electrons. The van der Waals surface area contributed by atoms with Gasteiger partial charge in [0.15, 0.2) is 22.4 Å². The highest BCUT2D eigenvalue weighted by molar-refractivity contribution is 7.22. The van der Waals surface area contributed by atoms with Gasteiger partial charge in [0.25, 0.3) is 0 Å². The zero-order valence-electron chi connectivity index (χ0n) is 26.6. The van der Waals surface area contributed by atoms with Gasteiger partial charge in [-0.3, -0.25) is 5.41 Å². The quantitative estimate of drug-likeness (QED) is 0.0615.